The Morgan fingerprint density at radius 2 is 1.92 bits per heavy atom. The van der Waals surface area contributed by atoms with E-state index in [2.05, 4.69) is 9.69 Å². The molecule has 4 nitrogen and oxygen atoms in total. The summed E-state index contributed by atoms with van der Waals surface area (Å²) in [7, 11) is -0.102. The van der Waals surface area contributed by atoms with Crippen molar-refractivity contribution >= 4 is 7.32 Å². The molecule has 0 saturated heterocycles. The maximum atomic E-state index is 8.93. The molecule has 0 fully saturated rings. The first-order valence-corrected chi connectivity index (χ1v) is 3.42. The average molecular weight is 168 g/mol. The molecular formula is C7H9BO4. The lowest BCUT2D eigenvalue weighted by molar-refractivity contribution is -0.207. The van der Waals surface area contributed by atoms with Gasteiger partial charge in [0.05, 0.1) is 7.11 Å². The third kappa shape index (κ3) is 2.92. The standard InChI is InChI=1S/C7H9BO4/c1-10-12-8(9)11-7-5-3-2-4-6-7/h2-6,9H,1H3. The summed E-state index contributed by atoms with van der Waals surface area (Å²) in [6.07, 6.45) is 0. The smallest absolute Gasteiger partial charge is 0.511 e. The fourth-order valence-corrected chi connectivity index (χ4v) is 0.717. The van der Waals surface area contributed by atoms with Crippen molar-refractivity contribution in [3.05, 3.63) is 30.3 Å². The fourth-order valence-electron chi connectivity index (χ4n) is 0.717. The summed E-state index contributed by atoms with van der Waals surface area (Å²) < 4.78 is 4.86. The lowest BCUT2D eigenvalue weighted by Crippen LogP contribution is -2.25. The molecule has 1 aromatic rings. The van der Waals surface area contributed by atoms with Crippen molar-refractivity contribution in [3.8, 4) is 5.75 Å². The highest BCUT2D eigenvalue weighted by Gasteiger charge is 2.18. The van der Waals surface area contributed by atoms with E-state index in [0.29, 0.717) is 5.75 Å². The van der Waals surface area contributed by atoms with Crippen LogP contribution in [0.25, 0.3) is 0 Å². The van der Waals surface area contributed by atoms with Gasteiger partial charge in [-0.2, -0.15) is 0 Å². The van der Waals surface area contributed by atoms with Crippen LogP contribution < -0.4 is 4.65 Å². The third-order valence-corrected chi connectivity index (χ3v) is 1.16. The van der Waals surface area contributed by atoms with E-state index in [1.54, 1.807) is 24.3 Å². The Balaban J connectivity index is 2.41. The molecule has 0 atom stereocenters. The predicted molar refractivity (Wildman–Crippen MR) is 43.1 cm³/mol. The number of hydrogen-bond donors (Lipinski definition) is 1. The summed E-state index contributed by atoms with van der Waals surface area (Å²) in [5, 5.41) is 8.93. The van der Waals surface area contributed by atoms with Crippen LogP contribution in [0.5, 0.6) is 5.75 Å². The van der Waals surface area contributed by atoms with Crippen molar-refractivity contribution < 1.29 is 19.4 Å². The maximum Gasteiger partial charge on any atom is 0.739 e. The van der Waals surface area contributed by atoms with Gasteiger partial charge in [-0.05, 0) is 12.1 Å². The molecule has 0 unspecified atom stereocenters. The second-order valence-corrected chi connectivity index (χ2v) is 2.00. The first kappa shape index (κ1) is 9.06. The first-order chi connectivity index (χ1) is 5.83. The van der Waals surface area contributed by atoms with Gasteiger partial charge >= 0.3 is 7.32 Å². The van der Waals surface area contributed by atoms with Crippen molar-refractivity contribution in [2.24, 2.45) is 0 Å². The zero-order valence-corrected chi connectivity index (χ0v) is 6.64. The van der Waals surface area contributed by atoms with Gasteiger partial charge in [0, 0.05) is 0 Å². The zero-order chi connectivity index (χ0) is 8.81. The van der Waals surface area contributed by atoms with E-state index in [4.69, 9.17) is 9.68 Å². The quantitative estimate of drug-likeness (QED) is 0.406. The Morgan fingerprint density at radius 1 is 1.25 bits per heavy atom. The molecule has 0 bridgehead atoms. The van der Waals surface area contributed by atoms with Crippen LogP contribution in [-0.2, 0) is 9.69 Å². The van der Waals surface area contributed by atoms with Crippen LogP contribution in [0.15, 0.2) is 30.3 Å². The summed E-state index contributed by atoms with van der Waals surface area (Å²) in [4.78, 5) is 8.48. The van der Waals surface area contributed by atoms with Crippen molar-refractivity contribution in [1.82, 2.24) is 0 Å². The molecule has 0 saturated carbocycles. The summed E-state index contributed by atoms with van der Waals surface area (Å²) in [5.41, 5.74) is 0. The molecule has 1 rings (SSSR count). The van der Waals surface area contributed by atoms with E-state index in [1.807, 2.05) is 6.07 Å². The molecule has 0 spiro atoms. The van der Waals surface area contributed by atoms with Gasteiger partial charge in [-0.15, -0.1) is 0 Å². The van der Waals surface area contributed by atoms with Gasteiger partial charge < -0.3 is 9.68 Å². The topological polar surface area (TPSA) is 47.9 Å². The van der Waals surface area contributed by atoms with Crippen LogP contribution in [0.2, 0.25) is 0 Å². The van der Waals surface area contributed by atoms with Crippen LogP contribution in [0.3, 0.4) is 0 Å². The average Bonchev–Trinajstić information content (AvgIpc) is 2.06. The minimum Gasteiger partial charge on any atom is -0.511 e. The molecule has 0 aliphatic rings. The molecule has 0 aliphatic carbocycles. The van der Waals surface area contributed by atoms with Crippen LogP contribution in [0, 0.1) is 0 Å². The summed E-state index contributed by atoms with van der Waals surface area (Å²) in [6.45, 7) is 0. The third-order valence-electron chi connectivity index (χ3n) is 1.16. The fraction of sp³-hybridized carbons (Fsp3) is 0.143. The zero-order valence-electron chi connectivity index (χ0n) is 6.64. The molecule has 1 N–H and O–H groups in total. The van der Waals surface area contributed by atoms with Crippen molar-refractivity contribution in [2.45, 2.75) is 0 Å². The molecule has 0 amide bonds. The van der Waals surface area contributed by atoms with Gasteiger partial charge in [0.2, 0.25) is 0 Å². The Kier molecular flexibility index (Phi) is 3.60. The number of benzene rings is 1. The van der Waals surface area contributed by atoms with E-state index < -0.39 is 7.32 Å². The van der Waals surface area contributed by atoms with Crippen molar-refractivity contribution in [1.29, 1.82) is 0 Å². The Hall–Kier alpha value is -1.04. The summed E-state index contributed by atoms with van der Waals surface area (Å²) in [6, 6.07) is 8.81. The molecule has 12 heavy (non-hydrogen) atoms. The molecular weight excluding hydrogens is 159 g/mol. The lowest BCUT2D eigenvalue weighted by Gasteiger charge is -2.06. The van der Waals surface area contributed by atoms with Gasteiger partial charge in [-0.25, -0.2) is 9.69 Å². The van der Waals surface area contributed by atoms with Gasteiger partial charge in [0.25, 0.3) is 0 Å². The number of para-hydroxylation sites is 1. The van der Waals surface area contributed by atoms with Crippen LogP contribution in [-0.4, -0.2) is 19.5 Å². The van der Waals surface area contributed by atoms with Crippen LogP contribution in [0.1, 0.15) is 0 Å². The predicted octanol–water partition coefficient (Wildman–Crippen LogP) is 0.621. The van der Waals surface area contributed by atoms with Crippen LogP contribution >= 0.6 is 0 Å². The molecule has 5 heteroatoms. The molecule has 64 valence electrons. The first-order valence-electron chi connectivity index (χ1n) is 3.42. The van der Waals surface area contributed by atoms with Gasteiger partial charge in [-0.1, -0.05) is 18.2 Å². The van der Waals surface area contributed by atoms with E-state index in [-0.39, 0.29) is 0 Å². The Bertz CT molecular complexity index is 216. The largest absolute Gasteiger partial charge is 0.739 e. The summed E-state index contributed by atoms with van der Waals surface area (Å²) >= 11 is 0. The van der Waals surface area contributed by atoms with Gasteiger partial charge in [-0.3, -0.25) is 0 Å². The van der Waals surface area contributed by atoms with E-state index in [9.17, 15) is 0 Å². The minimum absolute atomic E-state index is 0.516. The van der Waals surface area contributed by atoms with Gasteiger partial charge in [0.1, 0.15) is 5.75 Å². The highest BCUT2D eigenvalue weighted by Crippen LogP contribution is 2.08. The highest BCUT2D eigenvalue weighted by molar-refractivity contribution is 6.35. The SMILES string of the molecule is COOB(O)Oc1ccccc1. The Morgan fingerprint density at radius 3 is 2.50 bits per heavy atom. The molecule has 0 heterocycles. The monoisotopic (exact) mass is 168 g/mol. The van der Waals surface area contributed by atoms with E-state index in [0.717, 1.165) is 0 Å². The second-order valence-electron chi connectivity index (χ2n) is 2.00. The van der Waals surface area contributed by atoms with Crippen molar-refractivity contribution in [2.75, 3.05) is 7.11 Å². The number of rotatable bonds is 4. The maximum absolute atomic E-state index is 8.93. The lowest BCUT2D eigenvalue weighted by atomic mass is 10.2. The molecule has 1 aromatic carbocycles. The molecule has 0 aromatic heterocycles. The molecule has 0 radical (unpaired) electrons. The number of hydrogen-bond acceptors (Lipinski definition) is 4. The van der Waals surface area contributed by atoms with Gasteiger partial charge in [0.15, 0.2) is 0 Å². The van der Waals surface area contributed by atoms with Crippen LogP contribution in [0.4, 0.5) is 0 Å². The second kappa shape index (κ2) is 4.76. The van der Waals surface area contributed by atoms with E-state index >= 15 is 0 Å². The molecule has 0 aliphatic heterocycles. The summed E-state index contributed by atoms with van der Waals surface area (Å²) in [5.74, 6) is 0.516. The highest BCUT2D eigenvalue weighted by atomic mass is 17.2. The van der Waals surface area contributed by atoms with Crippen molar-refractivity contribution in [3.63, 3.8) is 0 Å². The normalized spacial score (nSPS) is 9.50. The minimum atomic E-state index is -1.39. The Labute approximate surface area is 70.8 Å². The van der Waals surface area contributed by atoms with E-state index in [1.165, 1.54) is 7.11 Å².